The van der Waals surface area contributed by atoms with Crippen molar-refractivity contribution in [3.63, 3.8) is 0 Å². The van der Waals surface area contributed by atoms with Crippen LogP contribution in [0, 0.1) is 17.7 Å². The second kappa shape index (κ2) is 7.54. The van der Waals surface area contributed by atoms with Gasteiger partial charge in [-0.05, 0) is 37.8 Å². The molecule has 1 saturated heterocycles. The number of halogens is 1. The van der Waals surface area contributed by atoms with Gasteiger partial charge in [0.25, 0.3) is 5.88 Å². The van der Waals surface area contributed by atoms with Crippen LogP contribution in [0.4, 0.5) is 10.3 Å². The van der Waals surface area contributed by atoms with E-state index in [0.29, 0.717) is 11.9 Å². The van der Waals surface area contributed by atoms with Gasteiger partial charge in [0.05, 0.1) is 13.3 Å². The summed E-state index contributed by atoms with van der Waals surface area (Å²) in [6, 6.07) is 0. The number of piperidine rings is 1. The van der Waals surface area contributed by atoms with E-state index in [1.54, 1.807) is 0 Å². The molecule has 1 fully saturated rings. The lowest BCUT2D eigenvalue weighted by Gasteiger charge is -2.33. The molecule has 0 unspecified atom stereocenters. The van der Waals surface area contributed by atoms with E-state index in [0.717, 1.165) is 31.7 Å². The van der Waals surface area contributed by atoms with E-state index >= 15 is 0 Å². The first-order valence-electron chi connectivity index (χ1n) is 7.61. The molecule has 0 radical (unpaired) electrons. The number of rotatable bonds is 6. The van der Waals surface area contributed by atoms with Crippen LogP contribution < -0.4 is 10.1 Å². The normalized spacial score (nSPS) is 17.2. The lowest BCUT2D eigenvalue weighted by molar-refractivity contribution is 0.172. The van der Waals surface area contributed by atoms with Crippen LogP contribution in [0.25, 0.3) is 0 Å². The predicted octanol–water partition coefficient (Wildman–Crippen LogP) is 2.40. The molecule has 2 heterocycles. The van der Waals surface area contributed by atoms with E-state index in [4.69, 9.17) is 4.74 Å². The second-order valence-corrected chi connectivity index (χ2v) is 6.07. The van der Waals surface area contributed by atoms with Crippen LogP contribution in [0.3, 0.4) is 0 Å². The van der Waals surface area contributed by atoms with Crippen LogP contribution >= 0.6 is 0 Å². The Bertz CT molecular complexity index is 447. The fraction of sp³-hybridized carbons (Fsp3) is 0.733. The third-order valence-corrected chi connectivity index (χ3v) is 3.78. The molecule has 1 aliphatic rings. The molecule has 0 aromatic carbocycles. The van der Waals surface area contributed by atoms with Crippen molar-refractivity contribution < 1.29 is 9.13 Å². The molecular formula is C15H25FN4O. The Labute approximate surface area is 125 Å². The van der Waals surface area contributed by atoms with Crippen molar-refractivity contribution in [1.82, 2.24) is 14.9 Å². The molecule has 6 heteroatoms. The highest BCUT2D eigenvalue weighted by Gasteiger charge is 2.19. The first-order valence-corrected chi connectivity index (χ1v) is 7.61. The number of hydrogen-bond donors (Lipinski definition) is 1. The van der Waals surface area contributed by atoms with Gasteiger partial charge in [-0.15, -0.1) is 0 Å². The zero-order valence-corrected chi connectivity index (χ0v) is 13.1. The van der Waals surface area contributed by atoms with Crippen LogP contribution in [-0.4, -0.2) is 48.2 Å². The quantitative estimate of drug-likeness (QED) is 0.873. The Morgan fingerprint density at radius 3 is 2.76 bits per heavy atom. The van der Waals surface area contributed by atoms with E-state index in [1.165, 1.54) is 26.5 Å². The van der Waals surface area contributed by atoms with Crippen LogP contribution in [0.1, 0.15) is 26.7 Å². The fourth-order valence-electron chi connectivity index (χ4n) is 2.70. The van der Waals surface area contributed by atoms with E-state index in [-0.39, 0.29) is 5.88 Å². The fourth-order valence-corrected chi connectivity index (χ4v) is 2.70. The number of ether oxygens (including phenoxy) is 1. The lowest BCUT2D eigenvalue weighted by Crippen LogP contribution is -2.37. The molecule has 5 nitrogen and oxygen atoms in total. The Hall–Kier alpha value is -1.43. The number of likely N-dealkylation sites (tertiary alicyclic amines) is 1. The summed E-state index contributed by atoms with van der Waals surface area (Å²) in [7, 11) is 1.40. The van der Waals surface area contributed by atoms with Crippen molar-refractivity contribution in [3.8, 4) is 5.88 Å². The number of hydrogen-bond acceptors (Lipinski definition) is 5. The zero-order valence-electron chi connectivity index (χ0n) is 13.1. The molecule has 1 N–H and O–H groups in total. The summed E-state index contributed by atoms with van der Waals surface area (Å²) in [6.45, 7) is 8.82. The van der Waals surface area contributed by atoms with Gasteiger partial charge in [-0.3, -0.25) is 0 Å². The molecule has 0 amide bonds. The molecule has 1 aliphatic heterocycles. The van der Waals surface area contributed by atoms with Gasteiger partial charge in [0.15, 0.2) is 0 Å². The zero-order chi connectivity index (χ0) is 15.2. The SMILES string of the molecule is COc1nc(NCC2CCN(CC(C)C)CC2)ncc1F. The van der Waals surface area contributed by atoms with Gasteiger partial charge in [0.2, 0.25) is 11.8 Å². The highest BCUT2D eigenvalue weighted by molar-refractivity contribution is 5.28. The van der Waals surface area contributed by atoms with Gasteiger partial charge >= 0.3 is 0 Å². The Morgan fingerprint density at radius 1 is 1.43 bits per heavy atom. The molecule has 0 bridgehead atoms. The van der Waals surface area contributed by atoms with E-state index < -0.39 is 5.82 Å². The van der Waals surface area contributed by atoms with Crippen LogP contribution in [-0.2, 0) is 0 Å². The molecule has 2 rings (SSSR count). The van der Waals surface area contributed by atoms with Crippen molar-refractivity contribution in [2.24, 2.45) is 11.8 Å². The molecule has 0 spiro atoms. The highest BCUT2D eigenvalue weighted by Crippen LogP contribution is 2.19. The monoisotopic (exact) mass is 296 g/mol. The molecule has 1 aromatic rings. The number of aromatic nitrogens is 2. The maximum Gasteiger partial charge on any atom is 0.255 e. The van der Waals surface area contributed by atoms with Crippen LogP contribution in [0.2, 0.25) is 0 Å². The van der Waals surface area contributed by atoms with Crippen molar-refractivity contribution in [1.29, 1.82) is 0 Å². The molecule has 0 aliphatic carbocycles. The summed E-state index contributed by atoms with van der Waals surface area (Å²) in [4.78, 5) is 10.5. The first-order chi connectivity index (χ1) is 10.1. The van der Waals surface area contributed by atoms with Crippen molar-refractivity contribution >= 4 is 5.95 Å². The Kier molecular flexibility index (Phi) is 5.73. The number of nitrogens with zero attached hydrogens (tertiary/aromatic N) is 3. The number of anilines is 1. The van der Waals surface area contributed by atoms with Gasteiger partial charge in [0, 0.05) is 13.1 Å². The molecular weight excluding hydrogens is 271 g/mol. The standard InChI is InChI=1S/C15H25FN4O/c1-11(2)10-20-6-4-12(5-7-20)8-17-15-18-9-13(16)14(19-15)21-3/h9,11-12H,4-8,10H2,1-3H3,(H,17,18,19). The Balaban J connectivity index is 1.77. The summed E-state index contributed by atoms with van der Waals surface area (Å²) in [5.74, 6) is 1.22. The molecule has 21 heavy (non-hydrogen) atoms. The van der Waals surface area contributed by atoms with Crippen LogP contribution in [0.5, 0.6) is 5.88 Å². The highest BCUT2D eigenvalue weighted by atomic mass is 19.1. The summed E-state index contributed by atoms with van der Waals surface area (Å²) in [5, 5.41) is 3.18. The summed E-state index contributed by atoms with van der Waals surface area (Å²) in [5.41, 5.74) is 0. The van der Waals surface area contributed by atoms with Crippen molar-refractivity contribution in [2.75, 3.05) is 38.6 Å². The number of methoxy groups -OCH3 is 1. The number of nitrogens with one attached hydrogen (secondary N) is 1. The summed E-state index contributed by atoms with van der Waals surface area (Å²) >= 11 is 0. The van der Waals surface area contributed by atoms with Gasteiger partial charge in [0.1, 0.15) is 0 Å². The van der Waals surface area contributed by atoms with Gasteiger partial charge < -0.3 is 15.0 Å². The molecule has 0 saturated carbocycles. The minimum absolute atomic E-state index is 0.0146. The first kappa shape index (κ1) is 15.9. The van der Waals surface area contributed by atoms with Gasteiger partial charge in [-0.2, -0.15) is 9.37 Å². The second-order valence-electron chi connectivity index (χ2n) is 6.07. The molecule has 118 valence electrons. The smallest absolute Gasteiger partial charge is 0.255 e. The minimum Gasteiger partial charge on any atom is -0.479 e. The third-order valence-electron chi connectivity index (χ3n) is 3.78. The lowest BCUT2D eigenvalue weighted by atomic mass is 9.96. The summed E-state index contributed by atoms with van der Waals surface area (Å²) in [6.07, 6.45) is 3.50. The predicted molar refractivity (Wildman–Crippen MR) is 81.0 cm³/mol. The van der Waals surface area contributed by atoms with E-state index in [2.05, 4.69) is 34.0 Å². The van der Waals surface area contributed by atoms with Crippen molar-refractivity contribution in [3.05, 3.63) is 12.0 Å². The average Bonchev–Trinajstić information content (AvgIpc) is 2.47. The average molecular weight is 296 g/mol. The van der Waals surface area contributed by atoms with E-state index in [9.17, 15) is 4.39 Å². The topological polar surface area (TPSA) is 50.3 Å². The van der Waals surface area contributed by atoms with Crippen molar-refractivity contribution in [2.45, 2.75) is 26.7 Å². The Morgan fingerprint density at radius 2 is 2.14 bits per heavy atom. The maximum absolute atomic E-state index is 13.2. The maximum atomic E-state index is 13.2. The van der Waals surface area contributed by atoms with E-state index in [1.807, 2.05) is 0 Å². The summed E-state index contributed by atoms with van der Waals surface area (Å²) < 4.78 is 18.1. The van der Waals surface area contributed by atoms with Gasteiger partial charge in [-0.25, -0.2) is 4.98 Å². The largest absolute Gasteiger partial charge is 0.479 e. The minimum atomic E-state index is -0.537. The molecule has 0 atom stereocenters. The van der Waals surface area contributed by atoms with Crippen LogP contribution in [0.15, 0.2) is 6.20 Å². The van der Waals surface area contributed by atoms with Gasteiger partial charge in [-0.1, -0.05) is 13.8 Å². The molecule has 1 aromatic heterocycles. The third kappa shape index (κ3) is 4.81.